The van der Waals surface area contributed by atoms with Crippen molar-refractivity contribution in [1.29, 1.82) is 0 Å². The van der Waals surface area contributed by atoms with Gasteiger partial charge < -0.3 is 0 Å². The van der Waals surface area contributed by atoms with Crippen molar-refractivity contribution in [2.45, 2.75) is 37.5 Å². The van der Waals surface area contributed by atoms with Gasteiger partial charge in [0.2, 0.25) is 0 Å². The topological polar surface area (TPSA) is 34.1 Å². The van der Waals surface area contributed by atoms with E-state index in [-0.39, 0.29) is 0 Å². The lowest BCUT2D eigenvalue weighted by Gasteiger charge is -2.16. The van der Waals surface area contributed by atoms with Gasteiger partial charge >= 0.3 is 0 Å². The van der Waals surface area contributed by atoms with Crippen LogP contribution < -0.4 is 0 Å². The van der Waals surface area contributed by atoms with Gasteiger partial charge in [-0.05, 0) is 70.2 Å². The fourth-order valence-corrected chi connectivity index (χ4v) is 4.83. The van der Waals surface area contributed by atoms with E-state index in [1.54, 1.807) is 0 Å². The lowest BCUT2D eigenvalue weighted by molar-refractivity contribution is 0.111. The summed E-state index contributed by atoms with van der Waals surface area (Å²) in [6.45, 7) is 0. The van der Waals surface area contributed by atoms with Crippen molar-refractivity contribution < 1.29 is 9.59 Å². The van der Waals surface area contributed by atoms with E-state index in [1.807, 2.05) is 24.3 Å². The molecule has 30 heavy (non-hydrogen) atoms. The van der Waals surface area contributed by atoms with Crippen LogP contribution in [-0.2, 0) is 0 Å². The van der Waals surface area contributed by atoms with E-state index in [1.165, 1.54) is 36.8 Å². The molecule has 2 aliphatic carbocycles. The number of fused-ring (bicyclic) bond motifs is 2. The van der Waals surface area contributed by atoms with Gasteiger partial charge in [0, 0.05) is 22.3 Å². The molecule has 2 fully saturated rings. The third-order valence-electron chi connectivity index (χ3n) is 6.75. The van der Waals surface area contributed by atoms with Crippen molar-refractivity contribution in [3.05, 3.63) is 82.9 Å². The molecule has 0 atom stereocenters. The molecule has 2 aliphatic rings. The molecule has 0 radical (unpaired) electrons. The van der Waals surface area contributed by atoms with Gasteiger partial charge in [0.15, 0.2) is 12.6 Å². The molecule has 0 amide bonds. The normalized spacial score (nSPS) is 16.1. The second-order valence-corrected chi connectivity index (χ2v) is 8.80. The molecule has 4 aromatic rings. The maximum absolute atomic E-state index is 12.0. The molecule has 2 nitrogen and oxygen atoms in total. The molecule has 2 saturated carbocycles. The SMILES string of the molecule is O=Cc1ccc2cc(C3CC3)ccc2c1-c1c(C=O)ccc2cc(C3CC3)ccc12. The van der Waals surface area contributed by atoms with Crippen LogP contribution in [-0.4, -0.2) is 12.6 Å². The van der Waals surface area contributed by atoms with Crippen molar-refractivity contribution >= 4 is 34.1 Å². The van der Waals surface area contributed by atoms with Gasteiger partial charge in [0.05, 0.1) is 0 Å². The Labute approximate surface area is 175 Å². The van der Waals surface area contributed by atoms with Gasteiger partial charge in [-0.25, -0.2) is 0 Å². The molecule has 4 aromatic carbocycles. The number of aldehydes is 2. The Hall–Kier alpha value is -3.26. The molecule has 6 rings (SSSR count). The predicted octanol–water partition coefficient (Wildman–Crippen LogP) is 7.04. The van der Waals surface area contributed by atoms with Crippen LogP contribution in [0.15, 0.2) is 60.7 Å². The number of carbonyl (C=O) groups excluding carboxylic acids is 2. The van der Waals surface area contributed by atoms with Gasteiger partial charge in [-0.3, -0.25) is 9.59 Å². The Bertz CT molecular complexity index is 1230. The molecule has 0 aliphatic heterocycles. The summed E-state index contributed by atoms with van der Waals surface area (Å²) >= 11 is 0. The predicted molar refractivity (Wildman–Crippen MR) is 122 cm³/mol. The molecule has 0 saturated heterocycles. The summed E-state index contributed by atoms with van der Waals surface area (Å²) in [5.41, 5.74) is 5.74. The lowest BCUT2D eigenvalue weighted by Crippen LogP contribution is -1.96. The summed E-state index contributed by atoms with van der Waals surface area (Å²) < 4.78 is 0. The molecule has 0 unspecified atom stereocenters. The van der Waals surface area contributed by atoms with Crippen LogP contribution in [0, 0.1) is 0 Å². The molecule has 0 N–H and O–H groups in total. The van der Waals surface area contributed by atoms with Crippen molar-refractivity contribution in [2.24, 2.45) is 0 Å². The van der Waals surface area contributed by atoms with Gasteiger partial charge in [-0.15, -0.1) is 0 Å². The minimum Gasteiger partial charge on any atom is -0.298 e. The van der Waals surface area contributed by atoms with E-state index < -0.39 is 0 Å². The number of carbonyl (C=O) groups is 2. The van der Waals surface area contributed by atoms with E-state index in [0.717, 1.165) is 45.2 Å². The van der Waals surface area contributed by atoms with Crippen LogP contribution in [0.25, 0.3) is 32.7 Å². The largest absolute Gasteiger partial charge is 0.298 e. The lowest BCUT2D eigenvalue weighted by atomic mass is 9.86. The highest BCUT2D eigenvalue weighted by Crippen LogP contribution is 2.45. The van der Waals surface area contributed by atoms with Crippen LogP contribution in [0.3, 0.4) is 0 Å². The van der Waals surface area contributed by atoms with Crippen molar-refractivity contribution in [2.75, 3.05) is 0 Å². The summed E-state index contributed by atoms with van der Waals surface area (Å²) in [5, 5.41) is 4.32. The zero-order valence-electron chi connectivity index (χ0n) is 16.7. The third kappa shape index (κ3) is 2.79. The van der Waals surface area contributed by atoms with Crippen molar-refractivity contribution in [3.8, 4) is 11.1 Å². The quantitative estimate of drug-likeness (QED) is 0.342. The standard InChI is InChI=1S/C28H22O2/c29-15-23-7-5-21-13-19(17-1-2-17)9-11-25(21)27(23)28-24(16-30)8-6-22-14-20(18-3-4-18)10-12-26(22)28/h5-18H,1-4H2. The Morgan fingerprint density at radius 1 is 0.567 bits per heavy atom. The monoisotopic (exact) mass is 390 g/mol. The minimum absolute atomic E-state index is 0.628. The molecule has 0 heterocycles. The Balaban J connectivity index is 1.67. The van der Waals surface area contributed by atoms with Crippen LogP contribution >= 0.6 is 0 Å². The summed E-state index contributed by atoms with van der Waals surface area (Å²) in [7, 11) is 0. The summed E-state index contributed by atoms with van der Waals surface area (Å²) in [6, 6.07) is 21.0. The molecule has 2 heteroatoms. The Morgan fingerprint density at radius 2 is 1.00 bits per heavy atom. The zero-order valence-corrected chi connectivity index (χ0v) is 16.7. The van der Waals surface area contributed by atoms with E-state index in [4.69, 9.17) is 0 Å². The van der Waals surface area contributed by atoms with E-state index in [0.29, 0.717) is 23.0 Å². The molecule has 0 aromatic heterocycles. The number of hydrogen-bond donors (Lipinski definition) is 0. The molecular weight excluding hydrogens is 368 g/mol. The second-order valence-electron chi connectivity index (χ2n) is 8.80. The molecule has 0 spiro atoms. The van der Waals surface area contributed by atoms with Crippen molar-refractivity contribution in [3.63, 3.8) is 0 Å². The fraction of sp³-hybridized carbons (Fsp3) is 0.214. The average molecular weight is 390 g/mol. The summed E-state index contributed by atoms with van der Waals surface area (Å²) in [6.07, 6.45) is 6.85. The minimum atomic E-state index is 0.628. The summed E-state index contributed by atoms with van der Waals surface area (Å²) in [5.74, 6) is 1.35. The van der Waals surface area contributed by atoms with Crippen LogP contribution in [0.2, 0.25) is 0 Å². The first-order valence-corrected chi connectivity index (χ1v) is 10.8. The second kappa shape index (κ2) is 6.63. The number of hydrogen-bond acceptors (Lipinski definition) is 2. The molecule has 0 bridgehead atoms. The average Bonchev–Trinajstić information content (AvgIpc) is 3.69. The number of benzene rings is 4. The van der Waals surface area contributed by atoms with E-state index in [9.17, 15) is 9.59 Å². The molecular formula is C28H22O2. The highest BCUT2D eigenvalue weighted by atomic mass is 16.1. The van der Waals surface area contributed by atoms with Crippen LogP contribution in [0.5, 0.6) is 0 Å². The first-order chi connectivity index (χ1) is 14.8. The highest BCUT2D eigenvalue weighted by Gasteiger charge is 2.25. The van der Waals surface area contributed by atoms with Gasteiger partial charge in [0.25, 0.3) is 0 Å². The smallest absolute Gasteiger partial charge is 0.150 e. The Kier molecular flexibility index (Phi) is 3.89. The fourth-order valence-electron chi connectivity index (χ4n) is 4.83. The van der Waals surface area contributed by atoms with Gasteiger partial charge in [-0.2, -0.15) is 0 Å². The maximum atomic E-state index is 12.0. The highest BCUT2D eigenvalue weighted by molar-refractivity contribution is 6.14. The summed E-state index contributed by atoms with van der Waals surface area (Å²) in [4.78, 5) is 24.1. The van der Waals surface area contributed by atoms with Crippen LogP contribution in [0.4, 0.5) is 0 Å². The first kappa shape index (κ1) is 17.6. The van der Waals surface area contributed by atoms with Gasteiger partial charge in [0.1, 0.15) is 0 Å². The van der Waals surface area contributed by atoms with Crippen molar-refractivity contribution in [1.82, 2.24) is 0 Å². The first-order valence-electron chi connectivity index (χ1n) is 10.8. The van der Waals surface area contributed by atoms with E-state index >= 15 is 0 Å². The van der Waals surface area contributed by atoms with E-state index in [2.05, 4.69) is 36.4 Å². The van der Waals surface area contributed by atoms with Gasteiger partial charge in [-0.1, -0.05) is 60.7 Å². The molecule has 146 valence electrons. The van der Waals surface area contributed by atoms with Crippen LogP contribution in [0.1, 0.15) is 69.4 Å². The zero-order chi connectivity index (χ0) is 20.2. The Morgan fingerprint density at radius 3 is 1.37 bits per heavy atom. The number of rotatable bonds is 5. The maximum Gasteiger partial charge on any atom is 0.150 e. The third-order valence-corrected chi connectivity index (χ3v) is 6.75.